The number of primary amides is 1. The number of methoxy groups -OCH3 is 1. The highest BCUT2D eigenvalue weighted by atomic mass is 79.9. The van der Waals surface area contributed by atoms with E-state index in [1.165, 1.54) is 0 Å². The number of hydrogen-bond acceptors (Lipinski definition) is 2. The zero-order valence-corrected chi connectivity index (χ0v) is 11.4. The lowest BCUT2D eigenvalue weighted by atomic mass is 9.98. The van der Waals surface area contributed by atoms with Gasteiger partial charge in [0, 0.05) is 11.1 Å². The van der Waals surface area contributed by atoms with Crippen molar-refractivity contribution in [2.45, 2.75) is 0 Å². The normalized spacial score (nSPS) is 10.1. The molecule has 0 unspecified atom stereocenters. The van der Waals surface area contributed by atoms with Crippen LogP contribution >= 0.6 is 15.9 Å². The Kier molecular flexibility index (Phi) is 3.67. The number of halogens is 1. The Morgan fingerprint density at radius 2 is 1.78 bits per heavy atom. The molecule has 0 atom stereocenters. The van der Waals surface area contributed by atoms with Crippen LogP contribution in [0.15, 0.2) is 46.9 Å². The summed E-state index contributed by atoms with van der Waals surface area (Å²) in [7, 11) is 1.59. The van der Waals surface area contributed by atoms with E-state index in [1.54, 1.807) is 19.2 Å². The lowest BCUT2D eigenvalue weighted by Gasteiger charge is -2.12. The molecule has 0 fully saturated rings. The van der Waals surface area contributed by atoms with Crippen molar-refractivity contribution < 1.29 is 9.53 Å². The van der Waals surface area contributed by atoms with Crippen molar-refractivity contribution in [3.05, 3.63) is 52.5 Å². The zero-order valence-electron chi connectivity index (χ0n) is 9.81. The maximum absolute atomic E-state index is 11.4. The second-order valence-corrected chi connectivity index (χ2v) is 4.58. The van der Waals surface area contributed by atoms with Crippen LogP contribution < -0.4 is 10.5 Å². The van der Waals surface area contributed by atoms with Crippen LogP contribution in [0.1, 0.15) is 10.4 Å². The third kappa shape index (κ3) is 2.24. The van der Waals surface area contributed by atoms with Crippen molar-refractivity contribution >= 4 is 21.8 Å². The fourth-order valence-corrected chi connectivity index (χ4v) is 2.39. The Hall–Kier alpha value is -1.81. The van der Waals surface area contributed by atoms with Gasteiger partial charge < -0.3 is 10.5 Å². The number of nitrogens with two attached hydrogens (primary N) is 1. The smallest absolute Gasteiger partial charge is 0.249 e. The van der Waals surface area contributed by atoms with Crippen molar-refractivity contribution in [3.63, 3.8) is 0 Å². The summed E-state index contributed by atoms with van der Waals surface area (Å²) < 4.78 is 6.20. The first-order chi connectivity index (χ1) is 8.65. The van der Waals surface area contributed by atoms with E-state index < -0.39 is 5.91 Å². The third-order valence-corrected chi connectivity index (χ3v) is 3.28. The van der Waals surface area contributed by atoms with Crippen molar-refractivity contribution in [1.82, 2.24) is 0 Å². The molecule has 92 valence electrons. The van der Waals surface area contributed by atoms with Crippen LogP contribution in [0.4, 0.5) is 0 Å². The summed E-state index contributed by atoms with van der Waals surface area (Å²) in [5.74, 6) is 0.235. The number of para-hydroxylation sites is 1. The molecular formula is C14H12BrNO2. The van der Waals surface area contributed by atoms with Gasteiger partial charge in [-0.05, 0) is 33.6 Å². The van der Waals surface area contributed by atoms with Crippen LogP contribution in [0.3, 0.4) is 0 Å². The van der Waals surface area contributed by atoms with Gasteiger partial charge in [-0.3, -0.25) is 4.79 Å². The average molecular weight is 306 g/mol. The van der Waals surface area contributed by atoms with Crippen LogP contribution in [0, 0.1) is 0 Å². The summed E-state index contributed by atoms with van der Waals surface area (Å²) in [5.41, 5.74) is 7.47. The Morgan fingerprint density at radius 3 is 2.44 bits per heavy atom. The summed E-state index contributed by atoms with van der Waals surface area (Å²) >= 11 is 3.43. The first-order valence-electron chi connectivity index (χ1n) is 5.37. The maximum atomic E-state index is 11.4. The number of ether oxygens (including phenoxy) is 1. The minimum absolute atomic E-state index is 0.451. The molecule has 0 aromatic heterocycles. The molecule has 0 heterocycles. The molecule has 0 bridgehead atoms. The van der Waals surface area contributed by atoms with Crippen molar-refractivity contribution in [3.8, 4) is 16.9 Å². The quantitative estimate of drug-likeness (QED) is 0.946. The first-order valence-corrected chi connectivity index (χ1v) is 6.16. The van der Waals surface area contributed by atoms with Crippen molar-refractivity contribution in [1.29, 1.82) is 0 Å². The first kappa shape index (κ1) is 12.6. The number of carbonyl (C=O) groups excluding carboxylic acids is 1. The van der Waals surface area contributed by atoms with Crippen LogP contribution in [0.2, 0.25) is 0 Å². The molecule has 0 aliphatic carbocycles. The van der Waals surface area contributed by atoms with E-state index in [0.29, 0.717) is 11.3 Å². The van der Waals surface area contributed by atoms with Gasteiger partial charge in [-0.15, -0.1) is 0 Å². The highest BCUT2D eigenvalue weighted by Gasteiger charge is 2.14. The molecule has 18 heavy (non-hydrogen) atoms. The van der Waals surface area contributed by atoms with Gasteiger partial charge >= 0.3 is 0 Å². The molecule has 0 aliphatic heterocycles. The topological polar surface area (TPSA) is 52.3 Å². The van der Waals surface area contributed by atoms with Crippen LogP contribution in [-0.4, -0.2) is 13.0 Å². The Balaban J connectivity index is 2.70. The molecule has 1 amide bonds. The van der Waals surface area contributed by atoms with Crippen LogP contribution in [-0.2, 0) is 0 Å². The summed E-state index contributed by atoms with van der Waals surface area (Å²) in [6, 6.07) is 12.9. The van der Waals surface area contributed by atoms with E-state index in [9.17, 15) is 4.79 Å². The Morgan fingerprint density at radius 1 is 1.11 bits per heavy atom. The lowest BCUT2D eigenvalue weighted by Crippen LogP contribution is -2.12. The highest BCUT2D eigenvalue weighted by Crippen LogP contribution is 2.37. The number of rotatable bonds is 3. The maximum Gasteiger partial charge on any atom is 0.249 e. The van der Waals surface area contributed by atoms with Gasteiger partial charge in [-0.2, -0.15) is 0 Å². The number of carbonyl (C=O) groups is 1. The molecule has 3 nitrogen and oxygen atoms in total. The zero-order chi connectivity index (χ0) is 13.1. The molecule has 0 saturated carbocycles. The van der Waals surface area contributed by atoms with Gasteiger partial charge in [-0.1, -0.05) is 30.3 Å². The summed E-state index contributed by atoms with van der Waals surface area (Å²) in [5, 5.41) is 0. The number of amides is 1. The highest BCUT2D eigenvalue weighted by molar-refractivity contribution is 9.10. The number of hydrogen-bond donors (Lipinski definition) is 1. The van der Waals surface area contributed by atoms with Crippen molar-refractivity contribution in [2.75, 3.05) is 7.11 Å². The fourth-order valence-electron chi connectivity index (χ4n) is 1.86. The SMILES string of the molecule is COc1c(Br)cccc1-c1ccccc1C(N)=O. The van der Waals surface area contributed by atoms with E-state index in [0.717, 1.165) is 15.6 Å². The van der Waals surface area contributed by atoms with Crippen LogP contribution in [0.5, 0.6) is 5.75 Å². The predicted octanol–water partition coefficient (Wildman–Crippen LogP) is 3.22. The molecule has 2 rings (SSSR count). The number of benzene rings is 2. The Labute approximate surface area is 114 Å². The predicted molar refractivity (Wildman–Crippen MR) is 74.6 cm³/mol. The largest absolute Gasteiger partial charge is 0.495 e. The monoisotopic (exact) mass is 305 g/mol. The average Bonchev–Trinajstić information content (AvgIpc) is 2.38. The van der Waals surface area contributed by atoms with Gasteiger partial charge in [0.2, 0.25) is 5.91 Å². The molecule has 0 aliphatic rings. The van der Waals surface area contributed by atoms with Gasteiger partial charge in [0.25, 0.3) is 0 Å². The molecule has 0 spiro atoms. The van der Waals surface area contributed by atoms with Gasteiger partial charge in [0.05, 0.1) is 11.6 Å². The van der Waals surface area contributed by atoms with Crippen molar-refractivity contribution in [2.24, 2.45) is 5.73 Å². The van der Waals surface area contributed by atoms with E-state index in [-0.39, 0.29) is 0 Å². The summed E-state index contributed by atoms with van der Waals surface area (Å²) in [4.78, 5) is 11.4. The molecule has 4 heteroatoms. The van der Waals surface area contributed by atoms with E-state index in [4.69, 9.17) is 10.5 Å². The second kappa shape index (κ2) is 5.23. The Bertz CT molecular complexity index is 596. The molecule has 2 aromatic rings. The lowest BCUT2D eigenvalue weighted by molar-refractivity contribution is 0.100. The van der Waals surface area contributed by atoms with Crippen LogP contribution in [0.25, 0.3) is 11.1 Å². The fraction of sp³-hybridized carbons (Fsp3) is 0.0714. The summed E-state index contributed by atoms with van der Waals surface area (Å²) in [6.07, 6.45) is 0. The van der Waals surface area contributed by atoms with E-state index in [1.807, 2.05) is 30.3 Å². The standard InChI is InChI=1S/C14H12BrNO2/c1-18-13-10(7-4-8-12(13)15)9-5-2-3-6-11(9)14(16)17/h2-8H,1H3,(H2,16,17). The van der Waals surface area contributed by atoms with E-state index >= 15 is 0 Å². The summed E-state index contributed by atoms with van der Waals surface area (Å²) in [6.45, 7) is 0. The minimum atomic E-state index is -0.451. The molecule has 2 aromatic carbocycles. The molecular weight excluding hydrogens is 294 g/mol. The molecule has 2 N–H and O–H groups in total. The molecule has 0 radical (unpaired) electrons. The van der Waals surface area contributed by atoms with Gasteiger partial charge in [-0.25, -0.2) is 0 Å². The van der Waals surface area contributed by atoms with Gasteiger partial charge in [0.1, 0.15) is 5.75 Å². The molecule has 0 saturated heterocycles. The third-order valence-electron chi connectivity index (χ3n) is 2.65. The second-order valence-electron chi connectivity index (χ2n) is 3.73. The minimum Gasteiger partial charge on any atom is -0.495 e. The van der Waals surface area contributed by atoms with Gasteiger partial charge in [0.15, 0.2) is 0 Å². The van der Waals surface area contributed by atoms with E-state index in [2.05, 4.69) is 15.9 Å².